The van der Waals surface area contributed by atoms with Crippen LogP contribution in [0.25, 0.3) is 11.3 Å². The highest BCUT2D eigenvalue weighted by Gasteiger charge is 2.04. The molecule has 1 aromatic heterocycles. The van der Waals surface area contributed by atoms with Crippen LogP contribution in [-0.4, -0.2) is 23.1 Å². The Morgan fingerprint density at radius 1 is 1.33 bits per heavy atom. The molecule has 4 nitrogen and oxygen atoms in total. The summed E-state index contributed by atoms with van der Waals surface area (Å²) in [7, 11) is 1.66. The van der Waals surface area contributed by atoms with Crippen molar-refractivity contribution in [2.45, 2.75) is 25.8 Å². The number of hydrogen-bond donors (Lipinski definition) is 2. The normalized spacial score (nSPS) is 12.4. The Balaban J connectivity index is 2.08. The number of aromatic nitrogens is 2. The minimum absolute atomic E-state index is 0.208. The van der Waals surface area contributed by atoms with Gasteiger partial charge in [0.1, 0.15) is 11.6 Å². The summed E-state index contributed by atoms with van der Waals surface area (Å²) in [6, 6.07) is 8.12. The van der Waals surface area contributed by atoms with Crippen molar-refractivity contribution in [2.75, 3.05) is 7.11 Å². The predicted octanol–water partition coefficient (Wildman–Crippen LogP) is 2.37. The SMILES string of the molecule is COc1ccc(-c2cnc(CCC(C)N)[nH]2)cc1. The Labute approximate surface area is 107 Å². The molecule has 18 heavy (non-hydrogen) atoms. The number of H-pyrrole nitrogens is 1. The summed E-state index contributed by atoms with van der Waals surface area (Å²) >= 11 is 0. The molecule has 0 aliphatic rings. The average molecular weight is 245 g/mol. The number of nitrogens with one attached hydrogen (secondary N) is 1. The molecule has 0 fully saturated rings. The number of methoxy groups -OCH3 is 1. The van der Waals surface area contributed by atoms with E-state index in [1.165, 1.54) is 0 Å². The lowest BCUT2D eigenvalue weighted by molar-refractivity contribution is 0.415. The number of aromatic amines is 1. The predicted molar refractivity (Wildman–Crippen MR) is 72.5 cm³/mol. The van der Waals surface area contributed by atoms with Gasteiger partial charge in [0, 0.05) is 12.5 Å². The summed E-state index contributed by atoms with van der Waals surface area (Å²) in [6.45, 7) is 2.01. The van der Waals surface area contributed by atoms with Gasteiger partial charge in [0.25, 0.3) is 0 Å². The van der Waals surface area contributed by atoms with Crippen LogP contribution in [0.15, 0.2) is 30.5 Å². The third kappa shape index (κ3) is 3.11. The third-order valence-electron chi connectivity index (χ3n) is 2.87. The topological polar surface area (TPSA) is 63.9 Å². The van der Waals surface area contributed by atoms with Gasteiger partial charge in [-0.25, -0.2) is 4.98 Å². The number of benzene rings is 1. The highest BCUT2D eigenvalue weighted by Crippen LogP contribution is 2.20. The highest BCUT2D eigenvalue weighted by molar-refractivity contribution is 5.59. The second-order valence-corrected chi connectivity index (χ2v) is 4.49. The lowest BCUT2D eigenvalue weighted by atomic mass is 10.1. The molecule has 0 amide bonds. The third-order valence-corrected chi connectivity index (χ3v) is 2.87. The smallest absolute Gasteiger partial charge is 0.118 e. The van der Waals surface area contributed by atoms with Gasteiger partial charge in [-0.15, -0.1) is 0 Å². The molecular weight excluding hydrogens is 226 g/mol. The highest BCUT2D eigenvalue weighted by atomic mass is 16.5. The number of imidazole rings is 1. The van der Waals surface area contributed by atoms with Crippen LogP contribution in [0.3, 0.4) is 0 Å². The van der Waals surface area contributed by atoms with E-state index in [9.17, 15) is 0 Å². The monoisotopic (exact) mass is 245 g/mol. The number of aryl methyl sites for hydroxylation is 1. The van der Waals surface area contributed by atoms with Crippen molar-refractivity contribution >= 4 is 0 Å². The molecule has 2 aromatic rings. The zero-order valence-electron chi connectivity index (χ0n) is 10.8. The molecule has 0 bridgehead atoms. The van der Waals surface area contributed by atoms with Crippen molar-refractivity contribution in [2.24, 2.45) is 5.73 Å². The van der Waals surface area contributed by atoms with Gasteiger partial charge in [-0.05, 0) is 43.2 Å². The maximum atomic E-state index is 5.73. The van der Waals surface area contributed by atoms with E-state index in [2.05, 4.69) is 9.97 Å². The molecular formula is C14H19N3O. The molecule has 0 radical (unpaired) electrons. The van der Waals surface area contributed by atoms with Crippen molar-refractivity contribution in [3.63, 3.8) is 0 Å². The minimum Gasteiger partial charge on any atom is -0.497 e. The molecule has 1 unspecified atom stereocenters. The first-order valence-electron chi connectivity index (χ1n) is 6.13. The van der Waals surface area contributed by atoms with E-state index >= 15 is 0 Å². The Hall–Kier alpha value is -1.81. The van der Waals surface area contributed by atoms with Crippen LogP contribution in [0, 0.1) is 0 Å². The maximum absolute atomic E-state index is 5.73. The summed E-state index contributed by atoms with van der Waals surface area (Å²) in [6.07, 6.45) is 3.68. The first kappa shape index (κ1) is 12.6. The van der Waals surface area contributed by atoms with E-state index in [-0.39, 0.29) is 6.04 Å². The fourth-order valence-corrected chi connectivity index (χ4v) is 1.77. The zero-order chi connectivity index (χ0) is 13.0. The molecule has 3 N–H and O–H groups in total. The molecule has 96 valence electrons. The van der Waals surface area contributed by atoms with Gasteiger partial charge < -0.3 is 15.5 Å². The Morgan fingerprint density at radius 2 is 2.06 bits per heavy atom. The second-order valence-electron chi connectivity index (χ2n) is 4.49. The van der Waals surface area contributed by atoms with E-state index in [0.717, 1.165) is 35.7 Å². The van der Waals surface area contributed by atoms with E-state index in [1.807, 2.05) is 37.4 Å². The summed E-state index contributed by atoms with van der Waals surface area (Å²) in [4.78, 5) is 7.68. The van der Waals surface area contributed by atoms with Crippen LogP contribution < -0.4 is 10.5 Å². The van der Waals surface area contributed by atoms with Gasteiger partial charge in [0.15, 0.2) is 0 Å². The van der Waals surface area contributed by atoms with Gasteiger partial charge >= 0.3 is 0 Å². The van der Waals surface area contributed by atoms with Crippen molar-refractivity contribution < 1.29 is 4.74 Å². The molecule has 2 rings (SSSR count). The Bertz CT molecular complexity index is 488. The van der Waals surface area contributed by atoms with Gasteiger partial charge in [-0.3, -0.25) is 0 Å². The molecule has 0 saturated carbocycles. The fourth-order valence-electron chi connectivity index (χ4n) is 1.77. The first-order valence-corrected chi connectivity index (χ1v) is 6.13. The van der Waals surface area contributed by atoms with Crippen LogP contribution in [0.1, 0.15) is 19.2 Å². The summed E-state index contributed by atoms with van der Waals surface area (Å²) < 4.78 is 5.14. The molecule has 0 spiro atoms. The van der Waals surface area contributed by atoms with Crippen molar-refractivity contribution in [1.29, 1.82) is 0 Å². The largest absolute Gasteiger partial charge is 0.497 e. The molecule has 4 heteroatoms. The molecule has 0 saturated heterocycles. The van der Waals surface area contributed by atoms with Crippen molar-refractivity contribution in [1.82, 2.24) is 9.97 Å². The number of rotatable bonds is 5. The number of nitrogens with zero attached hydrogens (tertiary/aromatic N) is 1. The van der Waals surface area contributed by atoms with Crippen LogP contribution in [0.5, 0.6) is 5.75 Å². The van der Waals surface area contributed by atoms with Gasteiger partial charge in [0.2, 0.25) is 0 Å². The lowest BCUT2D eigenvalue weighted by Gasteiger charge is -2.02. The minimum atomic E-state index is 0.208. The Kier molecular flexibility index (Phi) is 3.99. The summed E-state index contributed by atoms with van der Waals surface area (Å²) in [5.41, 5.74) is 7.87. The Morgan fingerprint density at radius 3 is 2.67 bits per heavy atom. The number of hydrogen-bond acceptors (Lipinski definition) is 3. The van der Waals surface area contributed by atoms with Gasteiger partial charge in [-0.1, -0.05) is 0 Å². The molecule has 1 heterocycles. The van der Waals surface area contributed by atoms with Crippen molar-refractivity contribution in [3.8, 4) is 17.0 Å². The first-order chi connectivity index (χ1) is 8.69. The standard InChI is InChI=1S/C14H19N3O/c1-10(15)3-8-14-16-9-13(17-14)11-4-6-12(18-2)7-5-11/h4-7,9-10H,3,8,15H2,1-2H3,(H,16,17). The van der Waals surface area contributed by atoms with E-state index in [4.69, 9.17) is 10.5 Å². The molecule has 0 aliphatic heterocycles. The van der Waals surface area contributed by atoms with E-state index in [1.54, 1.807) is 7.11 Å². The fraction of sp³-hybridized carbons (Fsp3) is 0.357. The lowest BCUT2D eigenvalue weighted by Crippen LogP contribution is -2.15. The summed E-state index contributed by atoms with van der Waals surface area (Å²) in [5.74, 6) is 1.84. The quantitative estimate of drug-likeness (QED) is 0.850. The average Bonchev–Trinajstić information content (AvgIpc) is 2.85. The summed E-state index contributed by atoms with van der Waals surface area (Å²) in [5, 5.41) is 0. The number of nitrogens with two attached hydrogens (primary N) is 1. The molecule has 1 atom stereocenters. The molecule has 1 aromatic carbocycles. The number of ether oxygens (including phenoxy) is 1. The maximum Gasteiger partial charge on any atom is 0.118 e. The van der Waals surface area contributed by atoms with Crippen LogP contribution in [0.2, 0.25) is 0 Å². The second kappa shape index (κ2) is 5.69. The van der Waals surface area contributed by atoms with Crippen LogP contribution in [0.4, 0.5) is 0 Å². The van der Waals surface area contributed by atoms with E-state index < -0.39 is 0 Å². The van der Waals surface area contributed by atoms with Gasteiger partial charge in [-0.2, -0.15) is 0 Å². The van der Waals surface area contributed by atoms with Crippen molar-refractivity contribution in [3.05, 3.63) is 36.3 Å². The van der Waals surface area contributed by atoms with Crippen LogP contribution in [-0.2, 0) is 6.42 Å². The molecule has 0 aliphatic carbocycles. The van der Waals surface area contributed by atoms with E-state index in [0.29, 0.717) is 0 Å². The van der Waals surface area contributed by atoms with Crippen LogP contribution >= 0.6 is 0 Å². The zero-order valence-corrected chi connectivity index (χ0v) is 10.8. The van der Waals surface area contributed by atoms with Gasteiger partial charge in [0.05, 0.1) is 19.0 Å².